The van der Waals surface area contributed by atoms with Crippen molar-refractivity contribution in [1.82, 2.24) is 0 Å². The summed E-state index contributed by atoms with van der Waals surface area (Å²) in [6, 6.07) is 0. The molecule has 2 heteroatoms. The Hall–Kier alpha value is -1.05. The number of carbonyl (C=O) groups is 1. The average molecular weight is 208 g/mol. The zero-order chi connectivity index (χ0) is 11.4. The molecule has 2 nitrogen and oxygen atoms in total. The van der Waals surface area contributed by atoms with E-state index >= 15 is 0 Å². The summed E-state index contributed by atoms with van der Waals surface area (Å²) in [5.41, 5.74) is 0.938. The first-order chi connectivity index (χ1) is 7.04. The Kier molecular flexibility index (Phi) is 4.13. The van der Waals surface area contributed by atoms with Gasteiger partial charge in [-0.15, -0.1) is 0 Å². The van der Waals surface area contributed by atoms with Gasteiger partial charge in [-0.05, 0) is 36.7 Å². The van der Waals surface area contributed by atoms with Crippen molar-refractivity contribution in [2.24, 2.45) is 17.8 Å². The highest BCUT2D eigenvalue weighted by Crippen LogP contribution is 2.41. The SMILES string of the molecule is C/C=C\C(=C/C1C(C)CC1C)CC(=O)O. The highest BCUT2D eigenvalue weighted by molar-refractivity contribution is 5.71. The van der Waals surface area contributed by atoms with Crippen molar-refractivity contribution >= 4 is 5.97 Å². The fourth-order valence-electron chi connectivity index (χ4n) is 2.40. The molecule has 0 aromatic rings. The maximum Gasteiger partial charge on any atom is 0.307 e. The van der Waals surface area contributed by atoms with E-state index in [1.54, 1.807) is 0 Å². The van der Waals surface area contributed by atoms with Gasteiger partial charge in [0.15, 0.2) is 0 Å². The summed E-state index contributed by atoms with van der Waals surface area (Å²) < 4.78 is 0. The Morgan fingerprint density at radius 1 is 1.40 bits per heavy atom. The van der Waals surface area contributed by atoms with Gasteiger partial charge in [-0.2, -0.15) is 0 Å². The molecule has 0 aromatic heterocycles. The fourth-order valence-corrected chi connectivity index (χ4v) is 2.40. The van der Waals surface area contributed by atoms with Crippen molar-refractivity contribution < 1.29 is 9.90 Å². The van der Waals surface area contributed by atoms with Crippen LogP contribution in [0.1, 0.15) is 33.6 Å². The largest absolute Gasteiger partial charge is 0.481 e. The predicted octanol–water partition coefficient (Wildman–Crippen LogP) is 3.26. The highest BCUT2D eigenvalue weighted by atomic mass is 16.4. The lowest BCUT2D eigenvalue weighted by atomic mass is 9.66. The first-order valence-electron chi connectivity index (χ1n) is 5.59. The molecule has 0 heterocycles. The van der Waals surface area contributed by atoms with Gasteiger partial charge in [-0.3, -0.25) is 4.79 Å². The molecule has 0 aliphatic heterocycles. The average Bonchev–Trinajstić information content (AvgIpc) is 2.14. The molecule has 0 amide bonds. The van der Waals surface area contributed by atoms with Gasteiger partial charge in [0.1, 0.15) is 0 Å². The van der Waals surface area contributed by atoms with Gasteiger partial charge < -0.3 is 5.11 Å². The van der Waals surface area contributed by atoms with Crippen LogP contribution in [0.4, 0.5) is 0 Å². The first kappa shape index (κ1) is 12.0. The third-order valence-corrected chi connectivity index (χ3v) is 3.20. The normalized spacial score (nSPS) is 31.7. The number of rotatable bonds is 4. The number of hydrogen-bond acceptors (Lipinski definition) is 1. The van der Waals surface area contributed by atoms with Crippen molar-refractivity contribution in [3.63, 3.8) is 0 Å². The van der Waals surface area contributed by atoms with Crippen molar-refractivity contribution in [2.45, 2.75) is 33.6 Å². The third-order valence-electron chi connectivity index (χ3n) is 3.20. The van der Waals surface area contributed by atoms with Gasteiger partial charge in [0.05, 0.1) is 6.42 Å². The minimum Gasteiger partial charge on any atom is -0.481 e. The van der Waals surface area contributed by atoms with Crippen LogP contribution >= 0.6 is 0 Å². The van der Waals surface area contributed by atoms with Crippen LogP contribution in [0.2, 0.25) is 0 Å². The molecular formula is C13H20O2. The number of carboxylic acid groups (broad SMARTS) is 1. The Bertz CT molecular complexity index is 281. The van der Waals surface area contributed by atoms with Crippen LogP contribution in [0.3, 0.4) is 0 Å². The maximum atomic E-state index is 10.7. The molecule has 0 bridgehead atoms. The van der Waals surface area contributed by atoms with E-state index in [0.29, 0.717) is 17.8 Å². The summed E-state index contributed by atoms with van der Waals surface area (Å²) in [7, 11) is 0. The van der Waals surface area contributed by atoms with E-state index in [2.05, 4.69) is 19.9 Å². The molecule has 1 fully saturated rings. The summed E-state index contributed by atoms with van der Waals surface area (Å²) in [5.74, 6) is 1.22. The second-order valence-electron chi connectivity index (χ2n) is 4.58. The number of allylic oxidation sites excluding steroid dienone is 3. The lowest BCUT2D eigenvalue weighted by Gasteiger charge is -2.39. The van der Waals surface area contributed by atoms with E-state index in [9.17, 15) is 4.79 Å². The van der Waals surface area contributed by atoms with Crippen LogP contribution in [0, 0.1) is 17.8 Å². The van der Waals surface area contributed by atoms with Crippen molar-refractivity contribution in [3.8, 4) is 0 Å². The fraction of sp³-hybridized carbons (Fsp3) is 0.615. The van der Waals surface area contributed by atoms with Gasteiger partial charge in [0, 0.05) is 0 Å². The van der Waals surface area contributed by atoms with E-state index in [-0.39, 0.29) is 6.42 Å². The van der Waals surface area contributed by atoms with E-state index in [1.165, 1.54) is 6.42 Å². The molecule has 0 aromatic carbocycles. The lowest BCUT2D eigenvalue weighted by molar-refractivity contribution is -0.136. The van der Waals surface area contributed by atoms with Crippen molar-refractivity contribution in [3.05, 3.63) is 23.8 Å². The summed E-state index contributed by atoms with van der Waals surface area (Å²) in [4.78, 5) is 10.7. The van der Waals surface area contributed by atoms with Crippen LogP contribution in [-0.2, 0) is 4.79 Å². The molecule has 2 atom stereocenters. The zero-order valence-electron chi connectivity index (χ0n) is 9.73. The van der Waals surface area contributed by atoms with Crippen molar-refractivity contribution in [2.75, 3.05) is 0 Å². The molecule has 84 valence electrons. The Balaban J connectivity index is 2.69. The van der Waals surface area contributed by atoms with Gasteiger partial charge in [-0.1, -0.05) is 32.1 Å². The monoisotopic (exact) mass is 208 g/mol. The van der Waals surface area contributed by atoms with Crippen LogP contribution < -0.4 is 0 Å². The van der Waals surface area contributed by atoms with Gasteiger partial charge in [-0.25, -0.2) is 0 Å². The maximum absolute atomic E-state index is 10.7. The Morgan fingerprint density at radius 2 is 2.00 bits per heavy atom. The predicted molar refractivity (Wildman–Crippen MR) is 61.6 cm³/mol. The summed E-state index contributed by atoms with van der Waals surface area (Å²) >= 11 is 0. The quantitative estimate of drug-likeness (QED) is 0.720. The molecule has 1 N–H and O–H groups in total. The zero-order valence-corrected chi connectivity index (χ0v) is 9.73. The molecule has 1 aliphatic carbocycles. The summed E-state index contributed by atoms with van der Waals surface area (Å²) in [5, 5.41) is 8.77. The second-order valence-corrected chi connectivity index (χ2v) is 4.58. The molecule has 1 aliphatic rings. The van der Waals surface area contributed by atoms with Crippen molar-refractivity contribution in [1.29, 1.82) is 0 Å². The molecule has 1 rings (SSSR count). The molecule has 15 heavy (non-hydrogen) atoms. The molecule has 2 unspecified atom stereocenters. The van der Waals surface area contributed by atoms with Crippen LogP contribution in [0.5, 0.6) is 0 Å². The van der Waals surface area contributed by atoms with Crippen LogP contribution in [0.25, 0.3) is 0 Å². The standard InChI is InChI=1S/C13H20O2/c1-4-5-11(8-13(14)15)7-12-9(2)6-10(12)3/h4-5,7,9-10,12H,6,8H2,1-3H3,(H,14,15)/b5-4-,11-7+. The Labute approximate surface area is 91.7 Å². The molecule has 0 spiro atoms. The number of carboxylic acids is 1. The number of aliphatic carboxylic acids is 1. The van der Waals surface area contributed by atoms with E-state index in [0.717, 1.165) is 5.57 Å². The molecule has 0 saturated heterocycles. The Morgan fingerprint density at radius 3 is 2.40 bits per heavy atom. The number of hydrogen-bond donors (Lipinski definition) is 1. The second kappa shape index (κ2) is 5.15. The smallest absolute Gasteiger partial charge is 0.307 e. The lowest BCUT2D eigenvalue weighted by Crippen LogP contribution is -2.31. The summed E-state index contributed by atoms with van der Waals surface area (Å²) in [6.45, 7) is 6.38. The van der Waals surface area contributed by atoms with Gasteiger partial charge in [0.25, 0.3) is 0 Å². The van der Waals surface area contributed by atoms with E-state index < -0.39 is 5.97 Å². The summed E-state index contributed by atoms with van der Waals surface area (Å²) in [6.07, 6.45) is 7.36. The van der Waals surface area contributed by atoms with Crippen LogP contribution in [-0.4, -0.2) is 11.1 Å². The highest BCUT2D eigenvalue weighted by Gasteiger charge is 2.32. The molecular weight excluding hydrogens is 188 g/mol. The molecule has 1 saturated carbocycles. The van der Waals surface area contributed by atoms with Crippen LogP contribution in [0.15, 0.2) is 23.8 Å². The van der Waals surface area contributed by atoms with Gasteiger partial charge >= 0.3 is 5.97 Å². The minimum absolute atomic E-state index is 0.139. The topological polar surface area (TPSA) is 37.3 Å². The van der Waals surface area contributed by atoms with E-state index in [4.69, 9.17) is 5.11 Å². The first-order valence-corrected chi connectivity index (χ1v) is 5.59. The van der Waals surface area contributed by atoms with E-state index in [1.807, 2.05) is 19.1 Å². The van der Waals surface area contributed by atoms with Gasteiger partial charge in [0.2, 0.25) is 0 Å². The third kappa shape index (κ3) is 3.22. The molecule has 0 radical (unpaired) electrons. The minimum atomic E-state index is -0.751.